The van der Waals surface area contributed by atoms with Crippen molar-refractivity contribution in [1.82, 2.24) is 8.61 Å². The highest BCUT2D eigenvalue weighted by atomic mass is 32.2. The Labute approximate surface area is 123 Å². The first-order valence-electron chi connectivity index (χ1n) is 6.70. The van der Waals surface area contributed by atoms with Gasteiger partial charge in [0.2, 0.25) is 0 Å². The highest BCUT2D eigenvalue weighted by Crippen LogP contribution is 2.48. The van der Waals surface area contributed by atoms with E-state index in [0.717, 1.165) is 0 Å². The average molecular weight is 291 g/mol. The van der Waals surface area contributed by atoms with Crippen LogP contribution in [0.25, 0.3) is 0 Å². The second-order valence-corrected chi connectivity index (χ2v) is 8.91. The molecule has 0 aromatic rings. The largest absolute Gasteiger partial charge is 0.228 e. The summed E-state index contributed by atoms with van der Waals surface area (Å²) >= 11 is 3.79. The van der Waals surface area contributed by atoms with Gasteiger partial charge in [0.25, 0.3) is 0 Å². The Bertz CT molecular complexity index is 252. The van der Waals surface area contributed by atoms with Gasteiger partial charge in [-0.15, -0.1) is 0 Å². The first-order valence-corrected chi connectivity index (χ1v) is 9.07. The van der Waals surface area contributed by atoms with Gasteiger partial charge < -0.3 is 0 Å². The van der Waals surface area contributed by atoms with Crippen LogP contribution < -0.4 is 0 Å². The van der Waals surface area contributed by atoms with E-state index in [9.17, 15) is 0 Å². The molecule has 0 spiro atoms. The Hall–Kier alpha value is 0.620. The molecule has 0 aromatic heterocycles. The fourth-order valence-corrected chi connectivity index (χ4v) is 5.29. The molecule has 0 aliphatic carbocycles. The number of hydrogen-bond donors (Lipinski definition) is 0. The van der Waals surface area contributed by atoms with E-state index in [1.807, 2.05) is 23.9 Å². The van der Waals surface area contributed by atoms with Crippen LogP contribution in [0, 0.1) is 10.8 Å². The minimum absolute atomic E-state index is 0.291. The monoisotopic (exact) mass is 290 g/mol. The Morgan fingerprint density at radius 1 is 0.722 bits per heavy atom. The van der Waals surface area contributed by atoms with E-state index in [4.69, 9.17) is 0 Å². The first-order chi connectivity index (χ1) is 8.05. The van der Waals surface area contributed by atoms with E-state index >= 15 is 0 Å². The highest BCUT2D eigenvalue weighted by molar-refractivity contribution is 7.97. The normalized spacial score (nSPS) is 32.2. The van der Waals surface area contributed by atoms with Gasteiger partial charge in [-0.1, -0.05) is 65.4 Å². The van der Waals surface area contributed by atoms with Crippen LogP contribution in [0.3, 0.4) is 0 Å². The molecule has 0 bridgehead atoms. The summed E-state index contributed by atoms with van der Waals surface area (Å²) in [5, 5.41) is 0. The minimum Gasteiger partial charge on any atom is -0.228 e. The molecule has 0 radical (unpaired) electrons. The van der Waals surface area contributed by atoms with Crippen molar-refractivity contribution in [2.45, 2.75) is 66.7 Å². The van der Waals surface area contributed by atoms with E-state index in [0.29, 0.717) is 29.1 Å². The summed E-state index contributed by atoms with van der Waals surface area (Å²) in [4.78, 5) is 0. The van der Waals surface area contributed by atoms with Crippen molar-refractivity contribution in [3.8, 4) is 0 Å². The zero-order valence-electron chi connectivity index (χ0n) is 13.4. The number of hydrogen-bond acceptors (Lipinski definition) is 4. The number of rotatable bonds is 2. The molecule has 0 amide bonds. The van der Waals surface area contributed by atoms with Crippen LogP contribution in [-0.4, -0.2) is 39.4 Å². The highest BCUT2D eigenvalue weighted by Gasteiger charge is 2.53. The van der Waals surface area contributed by atoms with Crippen molar-refractivity contribution in [3.05, 3.63) is 0 Å². The van der Waals surface area contributed by atoms with Crippen LogP contribution in [0.15, 0.2) is 0 Å². The van der Waals surface area contributed by atoms with Gasteiger partial charge >= 0.3 is 0 Å². The van der Waals surface area contributed by atoms with Crippen molar-refractivity contribution in [3.63, 3.8) is 0 Å². The lowest BCUT2D eigenvalue weighted by Crippen LogP contribution is -2.49. The molecular formula is C14H30N2S2. The molecule has 1 aliphatic rings. The van der Waals surface area contributed by atoms with E-state index in [1.165, 1.54) is 0 Å². The molecule has 2 atom stereocenters. The molecule has 1 aliphatic heterocycles. The summed E-state index contributed by atoms with van der Waals surface area (Å²) in [5.74, 6) is 0. The number of nitrogens with zero attached hydrogens (tertiary/aromatic N) is 2. The first kappa shape index (κ1) is 16.7. The van der Waals surface area contributed by atoms with Crippen molar-refractivity contribution < 1.29 is 0 Å². The Balaban J connectivity index is 3.23. The standard InChI is InChI=1S/C14H30N2S2/c1-10-15(17-8)11(13(2,3)4)12(14(5,6)7)16(10)18-9/h10-12H,1-9H3. The molecule has 18 heavy (non-hydrogen) atoms. The van der Waals surface area contributed by atoms with Gasteiger partial charge in [0, 0.05) is 12.1 Å². The topological polar surface area (TPSA) is 6.48 Å². The third kappa shape index (κ3) is 3.02. The van der Waals surface area contributed by atoms with Crippen molar-refractivity contribution in [2.75, 3.05) is 12.5 Å². The van der Waals surface area contributed by atoms with Gasteiger partial charge in [-0.2, -0.15) is 0 Å². The molecule has 0 saturated carbocycles. The Morgan fingerprint density at radius 3 is 1.17 bits per heavy atom. The zero-order chi connectivity index (χ0) is 14.3. The average Bonchev–Trinajstić information content (AvgIpc) is 2.49. The quantitative estimate of drug-likeness (QED) is 0.698. The molecule has 1 fully saturated rings. The van der Waals surface area contributed by atoms with Crippen LogP contribution >= 0.6 is 23.9 Å². The Kier molecular flexibility index (Phi) is 5.14. The third-order valence-corrected chi connectivity index (χ3v) is 5.69. The fourth-order valence-electron chi connectivity index (χ4n) is 3.10. The van der Waals surface area contributed by atoms with Crippen molar-refractivity contribution >= 4 is 23.9 Å². The predicted molar refractivity (Wildman–Crippen MR) is 86.7 cm³/mol. The molecule has 1 heterocycles. The van der Waals surface area contributed by atoms with Gasteiger partial charge in [0.05, 0.1) is 6.17 Å². The van der Waals surface area contributed by atoms with Crippen LogP contribution in [0.4, 0.5) is 0 Å². The van der Waals surface area contributed by atoms with Gasteiger partial charge in [0.1, 0.15) is 0 Å². The van der Waals surface area contributed by atoms with Crippen LogP contribution in [-0.2, 0) is 0 Å². The molecular weight excluding hydrogens is 260 g/mol. The summed E-state index contributed by atoms with van der Waals surface area (Å²) in [6, 6.07) is 1.16. The van der Waals surface area contributed by atoms with Crippen LogP contribution in [0.5, 0.6) is 0 Å². The predicted octanol–water partition coefficient (Wildman–Crippen LogP) is 4.34. The SMILES string of the molecule is CSN1C(C)N(SC)C(C(C)(C)C)C1C(C)(C)C. The molecule has 0 aromatic carbocycles. The summed E-state index contributed by atoms with van der Waals surface area (Å²) in [6.07, 6.45) is 4.90. The summed E-state index contributed by atoms with van der Waals surface area (Å²) in [5.41, 5.74) is 0.583. The Morgan fingerprint density at radius 2 is 1.00 bits per heavy atom. The summed E-state index contributed by atoms with van der Waals surface area (Å²) in [6.45, 7) is 16.6. The van der Waals surface area contributed by atoms with Crippen LogP contribution in [0.2, 0.25) is 0 Å². The maximum atomic E-state index is 2.59. The molecule has 2 unspecified atom stereocenters. The fraction of sp³-hybridized carbons (Fsp3) is 1.00. The second-order valence-electron chi connectivity index (χ2n) is 7.34. The van der Waals surface area contributed by atoms with Crippen LogP contribution in [0.1, 0.15) is 48.5 Å². The van der Waals surface area contributed by atoms with E-state index in [1.54, 1.807) is 0 Å². The maximum absolute atomic E-state index is 2.59. The lowest BCUT2D eigenvalue weighted by atomic mass is 9.73. The molecule has 4 heteroatoms. The molecule has 0 N–H and O–H groups in total. The second kappa shape index (κ2) is 5.55. The summed E-state index contributed by atoms with van der Waals surface area (Å²) in [7, 11) is 0. The lowest BCUT2D eigenvalue weighted by molar-refractivity contribution is 0.132. The van der Waals surface area contributed by atoms with Crippen molar-refractivity contribution in [2.24, 2.45) is 10.8 Å². The molecule has 1 rings (SSSR count). The molecule has 108 valence electrons. The summed E-state index contributed by atoms with van der Waals surface area (Å²) < 4.78 is 5.18. The van der Waals surface area contributed by atoms with Gasteiger partial charge in [-0.25, -0.2) is 8.61 Å². The van der Waals surface area contributed by atoms with Gasteiger partial charge in [-0.3, -0.25) is 0 Å². The smallest absolute Gasteiger partial charge is 0.0796 e. The molecule has 2 nitrogen and oxygen atoms in total. The minimum atomic E-state index is 0.291. The van der Waals surface area contributed by atoms with E-state index in [-0.39, 0.29) is 0 Å². The van der Waals surface area contributed by atoms with Crippen molar-refractivity contribution in [1.29, 1.82) is 0 Å². The third-order valence-electron chi connectivity index (χ3n) is 3.78. The zero-order valence-corrected chi connectivity index (χ0v) is 15.1. The lowest BCUT2D eigenvalue weighted by Gasteiger charge is -2.43. The molecule has 1 saturated heterocycles. The van der Waals surface area contributed by atoms with E-state index < -0.39 is 0 Å². The van der Waals surface area contributed by atoms with Gasteiger partial charge in [0.15, 0.2) is 0 Å². The van der Waals surface area contributed by atoms with Gasteiger partial charge in [-0.05, 0) is 30.3 Å². The van der Waals surface area contributed by atoms with E-state index in [2.05, 4.69) is 69.6 Å². The maximum Gasteiger partial charge on any atom is 0.0796 e.